The average Bonchev–Trinajstić information content (AvgIpc) is 2.55. The van der Waals surface area contributed by atoms with Gasteiger partial charge in [-0.1, -0.05) is 24.3 Å². The molecule has 1 aromatic carbocycles. The van der Waals surface area contributed by atoms with Gasteiger partial charge in [0.05, 0.1) is 5.70 Å². The van der Waals surface area contributed by atoms with Crippen molar-refractivity contribution in [2.45, 2.75) is 5.25 Å². The first-order valence-corrected chi connectivity index (χ1v) is 7.53. The van der Waals surface area contributed by atoms with E-state index in [4.69, 9.17) is 9.11 Å². The average molecular weight is 258 g/mol. The van der Waals surface area contributed by atoms with E-state index in [1.54, 1.807) is 7.05 Å². The highest BCUT2D eigenvalue weighted by molar-refractivity contribution is 8.34. The number of rotatable bonds is 2. The molecule has 0 aromatic heterocycles. The summed E-state index contributed by atoms with van der Waals surface area (Å²) in [6.45, 7) is 0. The largest absolute Gasteiger partial charge is 0.431 e. The van der Waals surface area contributed by atoms with E-state index >= 15 is 0 Å². The van der Waals surface area contributed by atoms with Crippen molar-refractivity contribution in [3.8, 4) is 0 Å². The van der Waals surface area contributed by atoms with Crippen molar-refractivity contribution in [2.24, 2.45) is 0 Å². The highest BCUT2D eigenvalue weighted by Crippen LogP contribution is 2.34. The van der Waals surface area contributed by atoms with Crippen LogP contribution in [-0.2, 0) is 19.4 Å². The first-order valence-electron chi connectivity index (χ1n) is 4.67. The molecule has 0 saturated carbocycles. The number of hydrogen-bond donors (Lipinski definition) is 3. The van der Waals surface area contributed by atoms with Crippen LogP contribution in [0.2, 0.25) is 0 Å². The van der Waals surface area contributed by atoms with Gasteiger partial charge in [-0.3, -0.25) is 9.11 Å². The number of hydrogen-bond acceptors (Lipinski definition) is 2. The standard InChI is InChI=1S/C10H11NO3S2/c1-11-9-6-7-4-2-3-5-8(7)10(9)15-16(12,13)14/h2-6,10-11H,1H3,(H-,12,13,14)/p+1. The van der Waals surface area contributed by atoms with Crippen molar-refractivity contribution in [1.29, 1.82) is 0 Å². The zero-order valence-electron chi connectivity index (χ0n) is 8.58. The lowest BCUT2D eigenvalue weighted by atomic mass is 10.1. The van der Waals surface area contributed by atoms with Crippen LogP contribution in [0.25, 0.3) is 6.08 Å². The van der Waals surface area contributed by atoms with Gasteiger partial charge in [0.1, 0.15) is 0 Å². The Morgan fingerprint density at radius 3 is 2.69 bits per heavy atom. The maximum absolute atomic E-state index is 11.0. The molecule has 3 N–H and O–H groups in total. The minimum atomic E-state index is -3.81. The Labute approximate surface area is 97.7 Å². The van der Waals surface area contributed by atoms with E-state index in [1.807, 2.05) is 30.3 Å². The molecule has 0 amide bonds. The summed E-state index contributed by atoms with van der Waals surface area (Å²) < 4.78 is 29.0. The lowest BCUT2D eigenvalue weighted by Crippen LogP contribution is -2.13. The predicted octanol–water partition coefficient (Wildman–Crippen LogP) is 1.53. The second-order valence-corrected chi connectivity index (χ2v) is 6.84. The molecule has 0 radical (unpaired) electrons. The molecule has 0 spiro atoms. The van der Waals surface area contributed by atoms with Crippen LogP contribution in [0.5, 0.6) is 0 Å². The molecule has 86 valence electrons. The van der Waals surface area contributed by atoms with Crippen molar-refractivity contribution in [2.75, 3.05) is 7.05 Å². The molecule has 2 rings (SSSR count). The Morgan fingerprint density at radius 1 is 1.38 bits per heavy atom. The third-order valence-electron chi connectivity index (χ3n) is 2.38. The van der Waals surface area contributed by atoms with Crippen molar-refractivity contribution in [3.05, 3.63) is 41.1 Å². The smallest absolute Gasteiger partial charge is 0.387 e. The van der Waals surface area contributed by atoms with Gasteiger partial charge in [-0.2, -0.15) is 4.21 Å². The summed E-state index contributed by atoms with van der Waals surface area (Å²) in [6.07, 6.45) is 1.91. The fraction of sp³-hybridized carbons (Fsp3) is 0.200. The summed E-state index contributed by atoms with van der Waals surface area (Å²) in [4.78, 5) is 0. The molecular weight excluding hydrogens is 246 g/mol. The lowest BCUT2D eigenvalue weighted by molar-refractivity contribution is 0.450. The molecule has 0 heterocycles. The third-order valence-corrected chi connectivity index (χ3v) is 4.66. The molecular formula is C10H12NO3S2+. The Balaban J connectivity index is 2.54. The Morgan fingerprint density at radius 2 is 2.06 bits per heavy atom. The van der Waals surface area contributed by atoms with Crippen LogP contribution in [0.15, 0.2) is 30.0 Å². The van der Waals surface area contributed by atoms with Crippen LogP contribution in [0.1, 0.15) is 16.4 Å². The maximum atomic E-state index is 11.0. The Kier molecular flexibility index (Phi) is 2.98. The first-order chi connectivity index (χ1) is 7.51. The van der Waals surface area contributed by atoms with Gasteiger partial charge in [0, 0.05) is 12.6 Å². The molecule has 16 heavy (non-hydrogen) atoms. The third kappa shape index (κ3) is 2.25. The van der Waals surface area contributed by atoms with E-state index in [0.29, 0.717) is 10.3 Å². The zero-order chi connectivity index (χ0) is 11.8. The van der Waals surface area contributed by atoms with Gasteiger partial charge in [0.15, 0.2) is 0 Å². The normalized spacial score (nSPS) is 18.9. The van der Waals surface area contributed by atoms with Crippen LogP contribution >= 0.6 is 0 Å². The quantitative estimate of drug-likeness (QED) is 0.704. The second-order valence-electron chi connectivity index (χ2n) is 3.40. The molecule has 0 saturated heterocycles. The highest BCUT2D eigenvalue weighted by Gasteiger charge is 2.35. The minimum Gasteiger partial charge on any atom is -0.387 e. The highest BCUT2D eigenvalue weighted by atomic mass is 32.9. The zero-order valence-corrected chi connectivity index (χ0v) is 10.2. The van der Waals surface area contributed by atoms with Gasteiger partial charge < -0.3 is 5.32 Å². The molecule has 6 heteroatoms. The second kappa shape index (κ2) is 4.14. The van der Waals surface area contributed by atoms with Crippen molar-refractivity contribution >= 4 is 25.5 Å². The van der Waals surface area contributed by atoms with Gasteiger partial charge in [0.2, 0.25) is 0 Å². The number of nitrogens with one attached hydrogen (secondary N) is 1. The topological polar surface area (TPSA) is 69.6 Å². The molecule has 1 aromatic rings. The SMILES string of the molecule is CNC1=Cc2ccccc2C1[S+]=S(=O)(O)O. The summed E-state index contributed by atoms with van der Waals surface area (Å²) in [7, 11) is -1.41. The van der Waals surface area contributed by atoms with E-state index < -0.39 is 9.05 Å². The molecule has 1 aliphatic rings. The predicted molar refractivity (Wildman–Crippen MR) is 67.0 cm³/mol. The van der Waals surface area contributed by atoms with Gasteiger partial charge >= 0.3 is 19.4 Å². The molecule has 1 aliphatic carbocycles. The fourth-order valence-electron chi connectivity index (χ4n) is 1.72. The number of fused-ring (bicyclic) bond motifs is 1. The summed E-state index contributed by atoms with van der Waals surface area (Å²) >= 11 is 0. The molecule has 0 aliphatic heterocycles. The van der Waals surface area contributed by atoms with E-state index in [9.17, 15) is 4.21 Å². The monoisotopic (exact) mass is 258 g/mol. The summed E-state index contributed by atoms with van der Waals surface area (Å²) in [6, 6.07) is 7.60. The van der Waals surface area contributed by atoms with Crippen LogP contribution in [-0.4, -0.2) is 20.4 Å². The lowest BCUT2D eigenvalue weighted by Gasteiger charge is -2.01. The first kappa shape index (κ1) is 11.5. The van der Waals surface area contributed by atoms with Crippen LogP contribution in [0.3, 0.4) is 0 Å². The van der Waals surface area contributed by atoms with Crippen LogP contribution in [0.4, 0.5) is 0 Å². The Hall–Kier alpha value is -0.950. The molecule has 0 bridgehead atoms. The molecule has 1 atom stereocenters. The van der Waals surface area contributed by atoms with E-state index in [2.05, 4.69) is 5.32 Å². The van der Waals surface area contributed by atoms with Gasteiger partial charge in [0.25, 0.3) is 5.25 Å². The number of likely N-dealkylation sites (N-methyl/N-ethyl adjacent to an activating group) is 1. The molecule has 1 unspecified atom stereocenters. The van der Waals surface area contributed by atoms with E-state index in [-0.39, 0.29) is 5.25 Å². The van der Waals surface area contributed by atoms with Crippen molar-refractivity contribution in [1.82, 2.24) is 5.32 Å². The van der Waals surface area contributed by atoms with Gasteiger partial charge in [-0.05, 0) is 11.6 Å². The van der Waals surface area contributed by atoms with E-state index in [1.165, 1.54) is 0 Å². The Bertz CT molecular complexity index is 551. The maximum Gasteiger partial charge on any atom is 0.431 e. The van der Waals surface area contributed by atoms with Crippen LogP contribution in [0, 0.1) is 0 Å². The fourth-order valence-corrected chi connectivity index (χ4v) is 3.96. The van der Waals surface area contributed by atoms with Crippen LogP contribution < -0.4 is 5.32 Å². The van der Waals surface area contributed by atoms with Crippen molar-refractivity contribution in [3.63, 3.8) is 0 Å². The summed E-state index contributed by atoms with van der Waals surface area (Å²) in [5.41, 5.74) is 2.77. The van der Waals surface area contributed by atoms with E-state index in [0.717, 1.165) is 16.8 Å². The van der Waals surface area contributed by atoms with Crippen molar-refractivity contribution < 1.29 is 13.3 Å². The summed E-state index contributed by atoms with van der Waals surface area (Å²) in [5, 5.41) is 2.66. The van der Waals surface area contributed by atoms with Gasteiger partial charge in [-0.25, -0.2) is 0 Å². The number of benzene rings is 1. The molecule has 0 fully saturated rings. The molecule has 4 nitrogen and oxygen atoms in total. The summed E-state index contributed by atoms with van der Waals surface area (Å²) in [5.74, 6) is 0. The minimum absolute atomic E-state index is 0.316. The van der Waals surface area contributed by atoms with Gasteiger partial charge in [-0.15, -0.1) is 0 Å².